The highest BCUT2D eigenvalue weighted by Gasteiger charge is 2.36. The van der Waals surface area contributed by atoms with Crippen molar-refractivity contribution in [1.29, 1.82) is 0 Å². The highest BCUT2D eigenvalue weighted by atomic mass is 15.4. The molecule has 6 atom stereocenters. The highest BCUT2D eigenvalue weighted by Crippen LogP contribution is 2.45. The molecule has 292 valence electrons. The van der Waals surface area contributed by atoms with Gasteiger partial charge in [0.1, 0.15) is 5.69 Å². The minimum atomic E-state index is 0.0140. The molecule has 0 saturated carbocycles. The van der Waals surface area contributed by atoms with Gasteiger partial charge in [0.2, 0.25) is 0 Å². The summed E-state index contributed by atoms with van der Waals surface area (Å²) in [6.07, 6.45) is 26.5. The SMILES string of the molecule is C1=CCC(C2NC(C3=CCC(c4c(C5C=CC(C6=NC(c7ccccc7)=[N+]6c6ccccc6)=CC5)c5ccccc5c5ccccc45)C=C3)NC(c3ccccc3)N2)C=C1. The van der Waals surface area contributed by atoms with Gasteiger partial charge in [-0.3, -0.25) is 16.0 Å². The second kappa shape index (κ2) is 15.9. The average molecular weight is 779 g/mol. The fourth-order valence-corrected chi connectivity index (χ4v) is 9.91. The number of fused-ring (bicyclic) bond motifs is 3. The molecule has 0 amide bonds. The predicted octanol–water partition coefficient (Wildman–Crippen LogP) is 11.4. The van der Waals surface area contributed by atoms with Crippen LogP contribution in [-0.2, 0) is 0 Å². The minimum absolute atomic E-state index is 0.0140. The normalized spacial score (nSPS) is 24.9. The van der Waals surface area contributed by atoms with Crippen LogP contribution in [0.5, 0.6) is 0 Å². The molecule has 0 radical (unpaired) electrons. The van der Waals surface area contributed by atoms with Crippen LogP contribution in [0.2, 0.25) is 0 Å². The molecule has 3 aliphatic carbocycles. The number of allylic oxidation sites excluding steroid dienone is 7. The van der Waals surface area contributed by atoms with Crippen LogP contribution < -0.4 is 16.0 Å². The molecule has 1 saturated heterocycles. The molecule has 1 fully saturated rings. The fraction of sp³-hybridized carbons (Fsp3) is 0.164. The van der Waals surface area contributed by atoms with E-state index in [2.05, 4.69) is 221 Å². The van der Waals surface area contributed by atoms with Gasteiger partial charge < -0.3 is 0 Å². The molecule has 6 aromatic carbocycles. The summed E-state index contributed by atoms with van der Waals surface area (Å²) in [4.78, 5) is 5.15. The van der Waals surface area contributed by atoms with E-state index in [9.17, 15) is 0 Å². The summed E-state index contributed by atoms with van der Waals surface area (Å²) in [7, 11) is 0. The van der Waals surface area contributed by atoms with Gasteiger partial charge in [-0.25, -0.2) is 0 Å². The molecule has 5 aliphatic rings. The second-order valence-electron chi connectivity index (χ2n) is 16.4. The van der Waals surface area contributed by atoms with Gasteiger partial charge in [-0.2, -0.15) is 4.58 Å². The summed E-state index contributed by atoms with van der Waals surface area (Å²) in [5.41, 5.74) is 8.84. The Morgan fingerprint density at radius 2 is 1.12 bits per heavy atom. The fourth-order valence-electron chi connectivity index (χ4n) is 9.91. The molecule has 11 rings (SSSR count). The number of aliphatic imine (C=N–C) groups is 1. The van der Waals surface area contributed by atoms with E-state index in [1.807, 2.05) is 0 Å². The first-order valence-corrected chi connectivity index (χ1v) is 21.5. The molecule has 0 aromatic heterocycles. The average Bonchev–Trinajstić information content (AvgIpc) is 3.32. The van der Waals surface area contributed by atoms with E-state index in [1.165, 1.54) is 49.4 Å². The lowest BCUT2D eigenvalue weighted by molar-refractivity contribution is -0.319. The Morgan fingerprint density at radius 1 is 0.517 bits per heavy atom. The molecular formula is C55H48N5+. The van der Waals surface area contributed by atoms with Crippen molar-refractivity contribution in [2.75, 3.05) is 0 Å². The van der Waals surface area contributed by atoms with E-state index in [0.717, 1.165) is 42.2 Å². The van der Waals surface area contributed by atoms with Crippen LogP contribution in [0, 0.1) is 5.92 Å². The number of nitrogens with zero attached hydrogens (tertiary/aromatic N) is 2. The maximum atomic E-state index is 5.15. The Hall–Kier alpha value is -6.50. The van der Waals surface area contributed by atoms with E-state index in [1.54, 1.807) is 0 Å². The van der Waals surface area contributed by atoms with Gasteiger partial charge in [0.05, 0.1) is 24.1 Å². The van der Waals surface area contributed by atoms with Crippen LogP contribution in [-0.4, -0.2) is 28.6 Å². The van der Waals surface area contributed by atoms with Crippen molar-refractivity contribution in [3.05, 3.63) is 234 Å². The molecule has 6 unspecified atom stereocenters. The van der Waals surface area contributed by atoms with Gasteiger partial charge in [-0.15, -0.1) is 0 Å². The van der Waals surface area contributed by atoms with Crippen LogP contribution >= 0.6 is 0 Å². The Morgan fingerprint density at radius 3 is 1.73 bits per heavy atom. The smallest absolute Gasteiger partial charge is 0.279 e. The van der Waals surface area contributed by atoms with Crippen molar-refractivity contribution < 1.29 is 4.58 Å². The molecule has 5 nitrogen and oxygen atoms in total. The van der Waals surface area contributed by atoms with Crippen LogP contribution in [0.3, 0.4) is 0 Å². The number of hydrogen-bond acceptors (Lipinski definition) is 4. The molecule has 5 heteroatoms. The summed E-state index contributed by atoms with van der Waals surface area (Å²) in [5, 5.41) is 17.1. The summed E-state index contributed by atoms with van der Waals surface area (Å²) in [6.45, 7) is 0. The number of para-hydroxylation sites is 1. The topological polar surface area (TPSA) is 51.5 Å². The number of amidine groups is 2. The Kier molecular flexibility index (Phi) is 9.71. The first-order chi connectivity index (χ1) is 29.8. The zero-order valence-electron chi connectivity index (χ0n) is 33.5. The minimum Gasteiger partial charge on any atom is -0.282 e. The van der Waals surface area contributed by atoms with Crippen molar-refractivity contribution in [2.24, 2.45) is 10.9 Å². The molecule has 0 spiro atoms. The lowest BCUT2D eigenvalue weighted by atomic mass is 9.76. The second-order valence-corrected chi connectivity index (χ2v) is 16.4. The summed E-state index contributed by atoms with van der Waals surface area (Å²) in [6, 6.07) is 50.0. The summed E-state index contributed by atoms with van der Waals surface area (Å²) >= 11 is 0. The molecule has 3 N–H and O–H groups in total. The van der Waals surface area contributed by atoms with Crippen molar-refractivity contribution in [2.45, 2.75) is 49.6 Å². The number of rotatable bonds is 8. The predicted molar refractivity (Wildman–Crippen MR) is 248 cm³/mol. The van der Waals surface area contributed by atoms with Crippen molar-refractivity contribution in [1.82, 2.24) is 16.0 Å². The van der Waals surface area contributed by atoms with Gasteiger partial charge in [-0.05, 0) is 87.3 Å². The third-order valence-corrected chi connectivity index (χ3v) is 12.9. The lowest BCUT2D eigenvalue weighted by Gasteiger charge is -2.43. The number of nitrogens with one attached hydrogen (secondary N) is 3. The first-order valence-electron chi connectivity index (χ1n) is 21.5. The Labute approximate surface area is 352 Å². The van der Waals surface area contributed by atoms with Crippen LogP contribution in [0.1, 0.15) is 59.5 Å². The lowest BCUT2D eigenvalue weighted by Crippen LogP contribution is -2.65. The Bertz CT molecular complexity index is 2840. The molecule has 6 aromatic rings. The van der Waals surface area contributed by atoms with Crippen LogP contribution in [0.25, 0.3) is 21.5 Å². The number of hydrogen-bond donors (Lipinski definition) is 3. The van der Waals surface area contributed by atoms with E-state index in [0.29, 0.717) is 5.92 Å². The quantitative estimate of drug-likeness (QED) is 0.107. The van der Waals surface area contributed by atoms with E-state index in [-0.39, 0.29) is 30.3 Å². The third-order valence-electron chi connectivity index (χ3n) is 12.9. The van der Waals surface area contributed by atoms with Crippen LogP contribution in [0.15, 0.2) is 216 Å². The highest BCUT2D eigenvalue weighted by molar-refractivity contribution is 6.17. The standard InChI is InChI=1S/C55H48N5/c1-5-17-39(18-6-1)51-56-52(40-19-7-2-8-20-40)58-53(57-51)41-33-29-37(30-34-41)49-47-27-15-13-25-45(47)46-26-14-16-28-48(46)50(49)38-31-35-43(36-32-38)55-59-54(42-21-9-3-10-22-42)60(55)44-23-11-4-12-24-44/h1-19,21-29,31,33-38,40,51-53,56-58H,20,30,32H2/q+1. The van der Waals surface area contributed by atoms with E-state index in [4.69, 9.17) is 4.99 Å². The summed E-state index contributed by atoms with van der Waals surface area (Å²) in [5.74, 6) is 2.81. The maximum absolute atomic E-state index is 5.15. The monoisotopic (exact) mass is 778 g/mol. The van der Waals surface area contributed by atoms with E-state index >= 15 is 0 Å². The largest absolute Gasteiger partial charge is 0.282 e. The van der Waals surface area contributed by atoms with Crippen molar-refractivity contribution in [3.63, 3.8) is 0 Å². The van der Waals surface area contributed by atoms with Crippen LogP contribution in [0.4, 0.5) is 5.69 Å². The third kappa shape index (κ3) is 6.75. The van der Waals surface area contributed by atoms with Gasteiger partial charge in [0.25, 0.3) is 11.7 Å². The molecule has 0 bridgehead atoms. The molecule has 60 heavy (non-hydrogen) atoms. The molecule has 2 aliphatic heterocycles. The molecule has 2 heterocycles. The zero-order valence-corrected chi connectivity index (χ0v) is 33.5. The van der Waals surface area contributed by atoms with Gasteiger partial charge in [-0.1, -0.05) is 181 Å². The number of benzene rings is 6. The van der Waals surface area contributed by atoms with Crippen molar-refractivity contribution >= 4 is 38.9 Å². The summed E-state index contributed by atoms with van der Waals surface area (Å²) < 4.78 is 2.30. The van der Waals surface area contributed by atoms with Gasteiger partial charge in [0.15, 0.2) is 0 Å². The van der Waals surface area contributed by atoms with Gasteiger partial charge in [0, 0.05) is 23.3 Å². The first kappa shape index (κ1) is 36.6. The molecular weight excluding hydrogens is 731 g/mol. The Balaban J connectivity index is 0.924. The van der Waals surface area contributed by atoms with Gasteiger partial charge >= 0.3 is 0 Å². The van der Waals surface area contributed by atoms with Crippen molar-refractivity contribution in [3.8, 4) is 0 Å². The van der Waals surface area contributed by atoms with E-state index < -0.39 is 0 Å². The maximum Gasteiger partial charge on any atom is 0.279 e. The zero-order chi connectivity index (χ0) is 39.8.